The van der Waals surface area contributed by atoms with Crippen molar-refractivity contribution in [3.8, 4) is 6.07 Å². The van der Waals surface area contributed by atoms with Gasteiger partial charge >= 0.3 is 0 Å². The lowest BCUT2D eigenvalue weighted by atomic mass is 9.99. The van der Waals surface area contributed by atoms with E-state index in [-0.39, 0.29) is 17.9 Å². The van der Waals surface area contributed by atoms with Gasteiger partial charge in [0.25, 0.3) is 0 Å². The van der Waals surface area contributed by atoms with Gasteiger partial charge in [-0.25, -0.2) is 0 Å². The molecule has 1 aliphatic rings. The summed E-state index contributed by atoms with van der Waals surface area (Å²) >= 11 is 0. The minimum absolute atomic E-state index is 0.0557. The molecule has 3 nitrogen and oxygen atoms in total. The predicted molar refractivity (Wildman–Crippen MR) is 74.4 cm³/mol. The standard InChI is InChI=1S/C16H12N2O/c1-10(8-17)13-7-15-11(2)12-5-3-4-6-14(12)18(15)9-16(13)19/h3-7H,1,9H2,2H3. The van der Waals surface area contributed by atoms with Crippen LogP contribution in [0.2, 0.25) is 0 Å². The molecule has 1 aliphatic heterocycles. The summed E-state index contributed by atoms with van der Waals surface area (Å²) in [5, 5.41) is 10.1. The monoisotopic (exact) mass is 248 g/mol. The van der Waals surface area contributed by atoms with E-state index in [1.54, 1.807) is 6.08 Å². The summed E-state index contributed by atoms with van der Waals surface area (Å²) in [6.45, 7) is 5.95. The number of benzene rings is 1. The lowest BCUT2D eigenvalue weighted by molar-refractivity contribution is -0.115. The molecule has 92 valence electrons. The number of hydrogen-bond acceptors (Lipinski definition) is 2. The summed E-state index contributed by atoms with van der Waals surface area (Å²) < 4.78 is 2.00. The van der Waals surface area contributed by atoms with Gasteiger partial charge in [-0.2, -0.15) is 5.26 Å². The van der Waals surface area contributed by atoms with Gasteiger partial charge in [-0.05, 0) is 24.6 Å². The highest BCUT2D eigenvalue weighted by atomic mass is 16.1. The number of aryl methyl sites for hydroxylation is 1. The number of allylic oxidation sites excluding steroid dienone is 2. The van der Waals surface area contributed by atoms with Crippen LogP contribution in [0.3, 0.4) is 0 Å². The van der Waals surface area contributed by atoms with Gasteiger partial charge < -0.3 is 4.57 Å². The van der Waals surface area contributed by atoms with E-state index >= 15 is 0 Å². The second-order valence-corrected chi connectivity index (χ2v) is 4.69. The maximum Gasteiger partial charge on any atom is 0.183 e. The first kappa shape index (κ1) is 11.5. The van der Waals surface area contributed by atoms with Gasteiger partial charge in [0.2, 0.25) is 0 Å². The van der Waals surface area contributed by atoms with E-state index < -0.39 is 0 Å². The summed E-state index contributed by atoms with van der Waals surface area (Å²) in [5.41, 5.74) is 3.85. The average molecular weight is 248 g/mol. The zero-order valence-electron chi connectivity index (χ0n) is 10.6. The van der Waals surface area contributed by atoms with Crippen molar-refractivity contribution < 1.29 is 4.79 Å². The van der Waals surface area contributed by atoms with E-state index in [0.29, 0.717) is 5.57 Å². The molecule has 0 aliphatic carbocycles. The Balaban J connectivity index is 2.33. The molecule has 19 heavy (non-hydrogen) atoms. The smallest absolute Gasteiger partial charge is 0.183 e. The summed E-state index contributed by atoms with van der Waals surface area (Å²) in [6, 6.07) is 9.97. The van der Waals surface area contributed by atoms with Gasteiger partial charge in [-0.1, -0.05) is 24.8 Å². The highest BCUT2D eigenvalue weighted by molar-refractivity contribution is 6.08. The number of hydrogen-bond donors (Lipinski definition) is 0. The van der Waals surface area contributed by atoms with Crippen LogP contribution in [-0.2, 0) is 11.3 Å². The second kappa shape index (κ2) is 3.96. The lowest BCUT2D eigenvalue weighted by Crippen LogP contribution is -2.18. The molecule has 0 fully saturated rings. The van der Waals surface area contributed by atoms with E-state index in [1.807, 2.05) is 41.8 Å². The Morgan fingerprint density at radius 1 is 1.42 bits per heavy atom. The molecule has 0 atom stereocenters. The van der Waals surface area contributed by atoms with Crippen molar-refractivity contribution in [3.63, 3.8) is 0 Å². The molecule has 2 aromatic rings. The minimum atomic E-state index is -0.0557. The SMILES string of the molecule is C=C(C#N)C1=Cc2c(C)c3ccccc3n2CC1=O. The quantitative estimate of drug-likeness (QED) is 0.728. The van der Waals surface area contributed by atoms with Gasteiger partial charge in [0.15, 0.2) is 5.78 Å². The van der Waals surface area contributed by atoms with Gasteiger partial charge in [0.05, 0.1) is 18.2 Å². The van der Waals surface area contributed by atoms with Gasteiger partial charge in [-0.3, -0.25) is 4.79 Å². The van der Waals surface area contributed by atoms with Crippen LogP contribution in [0, 0.1) is 18.3 Å². The Labute approximate surface area is 111 Å². The number of Topliss-reactive ketones (excluding diaryl/α,β-unsaturated/α-hetero) is 1. The number of carbonyl (C=O) groups is 1. The fourth-order valence-corrected chi connectivity index (χ4v) is 2.61. The van der Waals surface area contributed by atoms with Crippen LogP contribution >= 0.6 is 0 Å². The van der Waals surface area contributed by atoms with Crippen molar-refractivity contribution in [1.82, 2.24) is 4.57 Å². The zero-order chi connectivity index (χ0) is 13.6. The van der Waals surface area contributed by atoms with Crippen molar-refractivity contribution in [2.24, 2.45) is 0 Å². The number of rotatable bonds is 1. The first-order valence-electron chi connectivity index (χ1n) is 6.05. The van der Waals surface area contributed by atoms with Crippen LogP contribution in [-0.4, -0.2) is 10.4 Å². The molecule has 0 N–H and O–H groups in total. The number of fused-ring (bicyclic) bond motifs is 3. The van der Waals surface area contributed by atoms with Crippen LogP contribution < -0.4 is 0 Å². The summed E-state index contributed by atoms with van der Waals surface area (Å²) in [5.74, 6) is -0.0557. The zero-order valence-corrected chi connectivity index (χ0v) is 10.6. The first-order valence-corrected chi connectivity index (χ1v) is 6.05. The van der Waals surface area contributed by atoms with Crippen LogP contribution in [0.4, 0.5) is 0 Å². The Kier molecular flexibility index (Phi) is 2.39. The fraction of sp³-hybridized carbons (Fsp3) is 0.125. The number of aromatic nitrogens is 1. The summed E-state index contributed by atoms with van der Waals surface area (Å²) in [7, 11) is 0. The van der Waals surface area contributed by atoms with Crippen molar-refractivity contribution in [2.75, 3.05) is 0 Å². The molecule has 3 heteroatoms. The normalized spacial score (nSPS) is 13.9. The van der Waals surface area contributed by atoms with Crippen LogP contribution in [0.1, 0.15) is 11.3 Å². The van der Waals surface area contributed by atoms with Crippen molar-refractivity contribution in [2.45, 2.75) is 13.5 Å². The average Bonchev–Trinajstić information content (AvgIpc) is 2.71. The predicted octanol–water partition coefficient (Wildman–Crippen LogP) is 3.00. The largest absolute Gasteiger partial charge is 0.333 e. The summed E-state index contributed by atoms with van der Waals surface area (Å²) in [6.07, 6.45) is 1.78. The van der Waals surface area contributed by atoms with E-state index in [2.05, 4.69) is 6.58 Å². The van der Waals surface area contributed by atoms with Gasteiger partial charge in [-0.15, -0.1) is 0 Å². The third-order valence-electron chi connectivity index (χ3n) is 3.62. The maximum atomic E-state index is 12.1. The second-order valence-electron chi connectivity index (χ2n) is 4.69. The molecule has 0 bridgehead atoms. The van der Waals surface area contributed by atoms with E-state index in [9.17, 15) is 4.79 Å². The topological polar surface area (TPSA) is 45.8 Å². The lowest BCUT2D eigenvalue weighted by Gasteiger charge is -2.15. The molecule has 0 spiro atoms. The number of ketones is 1. The highest BCUT2D eigenvalue weighted by Gasteiger charge is 2.23. The number of nitriles is 1. The number of carbonyl (C=O) groups excluding carboxylic acids is 1. The molecule has 0 amide bonds. The van der Waals surface area contributed by atoms with Gasteiger partial charge in [0, 0.05) is 22.2 Å². The van der Waals surface area contributed by atoms with Crippen LogP contribution in [0.15, 0.2) is 42.0 Å². The molecule has 0 saturated heterocycles. The molecule has 1 aromatic heterocycles. The molecule has 3 rings (SSSR count). The molecular weight excluding hydrogens is 236 g/mol. The Bertz CT molecular complexity index is 800. The molecule has 0 saturated carbocycles. The van der Waals surface area contributed by atoms with Crippen molar-refractivity contribution >= 4 is 22.8 Å². The molecule has 0 unspecified atom stereocenters. The third-order valence-corrected chi connectivity index (χ3v) is 3.62. The number of para-hydroxylation sites is 1. The molecular formula is C16H12N2O. The Hall–Kier alpha value is -2.60. The minimum Gasteiger partial charge on any atom is -0.333 e. The van der Waals surface area contributed by atoms with Gasteiger partial charge in [0.1, 0.15) is 0 Å². The fourth-order valence-electron chi connectivity index (χ4n) is 2.61. The Morgan fingerprint density at radius 3 is 2.89 bits per heavy atom. The maximum absolute atomic E-state index is 12.1. The number of nitrogens with zero attached hydrogens (tertiary/aromatic N) is 2. The van der Waals surface area contributed by atoms with E-state index in [0.717, 1.165) is 22.2 Å². The van der Waals surface area contributed by atoms with Crippen molar-refractivity contribution in [1.29, 1.82) is 5.26 Å². The molecule has 1 aromatic carbocycles. The molecule has 0 radical (unpaired) electrons. The highest BCUT2D eigenvalue weighted by Crippen LogP contribution is 2.31. The summed E-state index contributed by atoms with van der Waals surface area (Å²) in [4.78, 5) is 12.1. The van der Waals surface area contributed by atoms with Crippen LogP contribution in [0.5, 0.6) is 0 Å². The van der Waals surface area contributed by atoms with Crippen LogP contribution in [0.25, 0.3) is 17.0 Å². The third kappa shape index (κ3) is 1.54. The van der Waals surface area contributed by atoms with E-state index in [4.69, 9.17) is 5.26 Å². The first-order chi connectivity index (χ1) is 9.13. The van der Waals surface area contributed by atoms with Crippen molar-refractivity contribution in [3.05, 3.63) is 53.2 Å². The van der Waals surface area contributed by atoms with E-state index in [1.165, 1.54) is 0 Å². The molecule has 2 heterocycles. The Morgan fingerprint density at radius 2 is 2.16 bits per heavy atom.